The molecule has 0 aromatic heterocycles. The number of hydrogen-bond acceptors (Lipinski definition) is 4. The lowest BCUT2D eigenvalue weighted by molar-refractivity contribution is -0.152. The first-order valence-corrected chi connectivity index (χ1v) is 9.19. The van der Waals surface area contributed by atoms with Crippen molar-refractivity contribution >= 4 is 33.7 Å². The van der Waals surface area contributed by atoms with Crippen LogP contribution in [0.5, 0.6) is 0 Å². The summed E-state index contributed by atoms with van der Waals surface area (Å²) in [5.74, 6) is -0.886. The number of halogens is 1. The van der Waals surface area contributed by atoms with Crippen molar-refractivity contribution in [3.05, 3.63) is 34.3 Å². The van der Waals surface area contributed by atoms with Gasteiger partial charge in [-0.25, -0.2) is 4.79 Å². The molecule has 2 rings (SSSR count). The summed E-state index contributed by atoms with van der Waals surface area (Å²) in [7, 11) is 1.34. The van der Waals surface area contributed by atoms with Gasteiger partial charge in [-0.05, 0) is 37.1 Å². The number of carbonyl (C=O) groups excluding carboxylic acids is 3. The van der Waals surface area contributed by atoms with E-state index >= 15 is 0 Å². The van der Waals surface area contributed by atoms with E-state index < -0.39 is 5.54 Å². The van der Waals surface area contributed by atoms with Crippen LogP contribution in [0.15, 0.2) is 28.7 Å². The van der Waals surface area contributed by atoms with Crippen LogP contribution in [-0.4, -0.2) is 37.0 Å². The Bertz CT molecular complexity index is 624. The molecule has 0 unspecified atom stereocenters. The molecule has 0 saturated heterocycles. The third kappa shape index (κ3) is 5.29. The van der Waals surface area contributed by atoms with Gasteiger partial charge in [-0.1, -0.05) is 35.2 Å². The van der Waals surface area contributed by atoms with Crippen LogP contribution < -0.4 is 10.6 Å². The van der Waals surface area contributed by atoms with Gasteiger partial charge in [0.2, 0.25) is 5.91 Å². The molecule has 0 spiro atoms. The molecular weight excluding hydrogens is 388 g/mol. The molecule has 0 atom stereocenters. The van der Waals surface area contributed by atoms with Crippen LogP contribution in [0.1, 0.15) is 48.9 Å². The quantitative estimate of drug-likeness (QED) is 0.705. The smallest absolute Gasteiger partial charge is 0.331 e. The number of nitrogens with one attached hydrogen (secondary N) is 2. The third-order valence-corrected chi connectivity index (χ3v) is 4.93. The zero-order chi connectivity index (χ0) is 18.3. The molecule has 2 amide bonds. The summed E-state index contributed by atoms with van der Waals surface area (Å²) < 4.78 is 5.77. The molecule has 0 bridgehead atoms. The van der Waals surface area contributed by atoms with E-state index in [1.807, 2.05) is 0 Å². The van der Waals surface area contributed by atoms with E-state index in [0.717, 1.165) is 23.7 Å². The minimum Gasteiger partial charge on any atom is -0.467 e. The van der Waals surface area contributed by atoms with Crippen LogP contribution in [0.3, 0.4) is 0 Å². The summed E-state index contributed by atoms with van der Waals surface area (Å²) in [6.45, 7) is 0.206. The Balaban J connectivity index is 1.83. The van der Waals surface area contributed by atoms with Gasteiger partial charge < -0.3 is 15.4 Å². The van der Waals surface area contributed by atoms with Crippen molar-refractivity contribution < 1.29 is 19.1 Å². The van der Waals surface area contributed by atoms with E-state index in [2.05, 4.69) is 26.6 Å². The zero-order valence-electron chi connectivity index (χ0n) is 14.3. The van der Waals surface area contributed by atoms with Gasteiger partial charge in [0, 0.05) is 23.0 Å². The standard InChI is InChI=1S/C18H23BrN2O4/c1-25-17(24)18(10-3-2-4-11-18)21-15(22)9-12-20-16(23)13-5-7-14(19)8-6-13/h5-8H,2-4,9-12H2,1H3,(H,20,23)(H,21,22). The number of rotatable bonds is 6. The molecule has 0 radical (unpaired) electrons. The maximum atomic E-state index is 12.2. The van der Waals surface area contributed by atoms with E-state index in [4.69, 9.17) is 4.74 Å². The molecule has 0 heterocycles. The monoisotopic (exact) mass is 410 g/mol. The maximum Gasteiger partial charge on any atom is 0.331 e. The van der Waals surface area contributed by atoms with E-state index in [9.17, 15) is 14.4 Å². The lowest BCUT2D eigenvalue weighted by Crippen LogP contribution is -2.56. The predicted octanol–water partition coefficient (Wildman–Crippen LogP) is 2.56. The molecule has 2 N–H and O–H groups in total. The lowest BCUT2D eigenvalue weighted by Gasteiger charge is -2.35. The second-order valence-corrected chi connectivity index (χ2v) is 7.11. The molecule has 1 aromatic carbocycles. The highest BCUT2D eigenvalue weighted by Gasteiger charge is 2.41. The summed E-state index contributed by atoms with van der Waals surface area (Å²) >= 11 is 3.31. The first-order valence-electron chi connectivity index (χ1n) is 8.40. The van der Waals surface area contributed by atoms with Gasteiger partial charge in [0.1, 0.15) is 5.54 Å². The van der Waals surface area contributed by atoms with Crippen molar-refractivity contribution in [3.63, 3.8) is 0 Å². The Morgan fingerprint density at radius 3 is 2.36 bits per heavy atom. The van der Waals surface area contributed by atoms with Gasteiger partial charge in [-0.3, -0.25) is 9.59 Å². The molecule has 136 valence electrons. The van der Waals surface area contributed by atoms with E-state index in [-0.39, 0.29) is 30.7 Å². The number of hydrogen-bond donors (Lipinski definition) is 2. The number of esters is 1. The van der Waals surface area contributed by atoms with Gasteiger partial charge in [-0.2, -0.15) is 0 Å². The highest BCUT2D eigenvalue weighted by molar-refractivity contribution is 9.10. The predicted molar refractivity (Wildman–Crippen MR) is 97.1 cm³/mol. The number of amides is 2. The fourth-order valence-corrected chi connectivity index (χ4v) is 3.32. The SMILES string of the molecule is COC(=O)C1(NC(=O)CCNC(=O)c2ccc(Br)cc2)CCCCC1. The Labute approximate surface area is 155 Å². The molecular formula is C18H23BrN2O4. The van der Waals surface area contributed by atoms with E-state index in [1.165, 1.54) is 7.11 Å². The largest absolute Gasteiger partial charge is 0.467 e. The molecule has 25 heavy (non-hydrogen) atoms. The van der Waals surface area contributed by atoms with Crippen LogP contribution in [0.4, 0.5) is 0 Å². The number of methoxy groups -OCH3 is 1. The number of benzene rings is 1. The Hall–Kier alpha value is -1.89. The molecule has 7 heteroatoms. The van der Waals surface area contributed by atoms with E-state index in [1.54, 1.807) is 24.3 Å². The second kappa shape index (κ2) is 8.99. The average Bonchev–Trinajstić information content (AvgIpc) is 2.62. The van der Waals surface area contributed by atoms with Gasteiger partial charge >= 0.3 is 5.97 Å². The molecule has 1 aliphatic carbocycles. The molecule has 1 aliphatic rings. The fraction of sp³-hybridized carbons (Fsp3) is 0.500. The maximum absolute atomic E-state index is 12.2. The molecule has 1 saturated carbocycles. The van der Waals surface area contributed by atoms with Crippen molar-refractivity contribution in [2.75, 3.05) is 13.7 Å². The molecule has 0 aliphatic heterocycles. The highest BCUT2D eigenvalue weighted by Crippen LogP contribution is 2.29. The van der Waals surface area contributed by atoms with Crippen molar-refractivity contribution in [3.8, 4) is 0 Å². The molecule has 6 nitrogen and oxygen atoms in total. The molecule has 1 fully saturated rings. The summed E-state index contributed by atoms with van der Waals surface area (Å²) in [5, 5.41) is 5.54. The summed E-state index contributed by atoms with van der Waals surface area (Å²) in [6, 6.07) is 6.97. The van der Waals surface area contributed by atoms with Crippen molar-refractivity contribution in [2.24, 2.45) is 0 Å². The van der Waals surface area contributed by atoms with Crippen LogP contribution in [0.25, 0.3) is 0 Å². The van der Waals surface area contributed by atoms with Gasteiger partial charge in [0.15, 0.2) is 0 Å². The second-order valence-electron chi connectivity index (χ2n) is 6.20. The van der Waals surface area contributed by atoms with Crippen LogP contribution in [0, 0.1) is 0 Å². The van der Waals surface area contributed by atoms with Crippen LogP contribution >= 0.6 is 15.9 Å². The summed E-state index contributed by atoms with van der Waals surface area (Å²) in [6.07, 6.45) is 4.12. The van der Waals surface area contributed by atoms with E-state index in [0.29, 0.717) is 18.4 Å². The van der Waals surface area contributed by atoms with Gasteiger partial charge in [0.05, 0.1) is 7.11 Å². The minimum atomic E-state index is -0.917. The summed E-state index contributed by atoms with van der Waals surface area (Å²) in [4.78, 5) is 36.3. The molecule has 1 aromatic rings. The topological polar surface area (TPSA) is 84.5 Å². The van der Waals surface area contributed by atoms with Gasteiger partial charge in [0.25, 0.3) is 5.91 Å². The van der Waals surface area contributed by atoms with Crippen molar-refractivity contribution in [1.29, 1.82) is 0 Å². The lowest BCUT2D eigenvalue weighted by atomic mass is 9.81. The number of carbonyl (C=O) groups is 3. The Morgan fingerprint density at radius 2 is 1.76 bits per heavy atom. The van der Waals surface area contributed by atoms with Crippen LogP contribution in [-0.2, 0) is 14.3 Å². The van der Waals surface area contributed by atoms with Gasteiger partial charge in [-0.15, -0.1) is 0 Å². The highest BCUT2D eigenvalue weighted by atomic mass is 79.9. The third-order valence-electron chi connectivity index (χ3n) is 4.41. The zero-order valence-corrected chi connectivity index (χ0v) is 15.9. The van der Waals surface area contributed by atoms with Crippen molar-refractivity contribution in [1.82, 2.24) is 10.6 Å². The van der Waals surface area contributed by atoms with Crippen molar-refractivity contribution in [2.45, 2.75) is 44.1 Å². The Morgan fingerprint density at radius 1 is 1.12 bits per heavy atom. The number of ether oxygens (including phenoxy) is 1. The van der Waals surface area contributed by atoms with Crippen LogP contribution in [0.2, 0.25) is 0 Å². The first-order chi connectivity index (χ1) is 12.0. The Kier molecular flexibility index (Phi) is 6.99. The first kappa shape index (κ1) is 19.4. The minimum absolute atomic E-state index is 0.112. The summed E-state index contributed by atoms with van der Waals surface area (Å²) in [5.41, 5.74) is -0.387. The average molecular weight is 411 g/mol. The fourth-order valence-electron chi connectivity index (χ4n) is 3.05. The normalized spacial score (nSPS) is 15.9.